The number of para-hydroxylation sites is 2. The van der Waals surface area contributed by atoms with Crippen LogP contribution in [0, 0.1) is 5.41 Å². The molecule has 0 aromatic heterocycles. The fourth-order valence-electron chi connectivity index (χ4n) is 3.02. The molecule has 2 N–H and O–H groups in total. The molecule has 0 amide bonds. The van der Waals surface area contributed by atoms with Gasteiger partial charge in [-0.25, -0.2) is 0 Å². The van der Waals surface area contributed by atoms with Crippen molar-refractivity contribution in [1.29, 1.82) is 0 Å². The van der Waals surface area contributed by atoms with Gasteiger partial charge >= 0.3 is 0 Å². The first-order valence-corrected chi connectivity index (χ1v) is 6.75. The molecular weight excluding hydrogens is 238 g/mol. The number of nitrogens with zero attached hydrogens (tertiary/aromatic N) is 2. The third kappa shape index (κ3) is 1.62. The molecule has 0 bridgehead atoms. The zero-order valence-corrected chi connectivity index (χ0v) is 11.8. The van der Waals surface area contributed by atoms with E-state index in [1.54, 1.807) is 7.11 Å². The van der Waals surface area contributed by atoms with E-state index in [4.69, 9.17) is 10.5 Å². The lowest BCUT2D eigenvalue weighted by Crippen LogP contribution is -2.55. The van der Waals surface area contributed by atoms with Gasteiger partial charge in [0.15, 0.2) is 5.96 Å². The van der Waals surface area contributed by atoms with Crippen LogP contribution in [0.5, 0.6) is 5.75 Å². The topological polar surface area (TPSA) is 50.9 Å². The third-order valence-electron chi connectivity index (χ3n) is 4.90. The molecule has 1 aliphatic carbocycles. The second-order valence-corrected chi connectivity index (χ2v) is 6.02. The highest BCUT2D eigenvalue weighted by Crippen LogP contribution is 2.58. The van der Waals surface area contributed by atoms with Crippen LogP contribution in [0.3, 0.4) is 0 Å². The Morgan fingerprint density at radius 3 is 2.58 bits per heavy atom. The summed E-state index contributed by atoms with van der Waals surface area (Å²) in [5.74, 6) is 1.44. The zero-order chi connectivity index (χ0) is 13.7. The van der Waals surface area contributed by atoms with Crippen molar-refractivity contribution < 1.29 is 4.74 Å². The van der Waals surface area contributed by atoms with Gasteiger partial charge in [-0.3, -0.25) is 4.99 Å². The number of aliphatic imine (C=N–C) groups is 1. The van der Waals surface area contributed by atoms with Gasteiger partial charge in [0.2, 0.25) is 0 Å². The molecule has 1 aliphatic heterocycles. The minimum Gasteiger partial charge on any atom is -0.495 e. The Morgan fingerprint density at radius 1 is 1.26 bits per heavy atom. The summed E-state index contributed by atoms with van der Waals surface area (Å²) >= 11 is 0. The van der Waals surface area contributed by atoms with E-state index in [1.807, 2.05) is 18.2 Å². The highest BCUT2D eigenvalue weighted by molar-refractivity contribution is 5.99. The second-order valence-electron chi connectivity index (χ2n) is 6.02. The maximum Gasteiger partial charge on any atom is 0.196 e. The Morgan fingerprint density at radius 2 is 1.95 bits per heavy atom. The van der Waals surface area contributed by atoms with Crippen LogP contribution in [-0.4, -0.2) is 25.2 Å². The molecule has 0 saturated heterocycles. The van der Waals surface area contributed by atoms with Crippen LogP contribution in [0.15, 0.2) is 29.3 Å². The van der Waals surface area contributed by atoms with Gasteiger partial charge in [0.25, 0.3) is 0 Å². The number of hydrogen-bond donors (Lipinski definition) is 1. The summed E-state index contributed by atoms with van der Waals surface area (Å²) < 4.78 is 5.48. The molecule has 4 heteroatoms. The van der Waals surface area contributed by atoms with Crippen LogP contribution in [0.25, 0.3) is 0 Å². The molecular formula is C15H21N3O. The minimum absolute atomic E-state index is 0.0499. The first kappa shape index (κ1) is 12.3. The number of rotatable bonds is 3. The van der Waals surface area contributed by atoms with E-state index in [9.17, 15) is 0 Å². The summed E-state index contributed by atoms with van der Waals surface area (Å²) in [4.78, 5) is 6.66. The van der Waals surface area contributed by atoms with E-state index in [0.717, 1.165) is 18.0 Å². The van der Waals surface area contributed by atoms with Gasteiger partial charge in [0.1, 0.15) is 5.75 Å². The first-order chi connectivity index (χ1) is 9.02. The Labute approximate surface area is 114 Å². The van der Waals surface area contributed by atoms with Crippen molar-refractivity contribution >= 4 is 11.6 Å². The molecule has 1 aromatic rings. The van der Waals surface area contributed by atoms with E-state index in [0.29, 0.717) is 11.4 Å². The van der Waals surface area contributed by atoms with Crippen molar-refractivity contribution in [2.24, 2.45) is 16.1 Å². The lowest BCUT2D eigenvalue weighted by molar-refractivity contribution is 0.315. The molecule has 1 fully saturated rings. The van der Waals surface area contributed by atoms with E-state index >= 15 is 0 Å². The standard InChI is InChI=1S/C15H21N3O/c1-14(8-9-14)15(2)10-17-13(16)18(15)11-6-4-5-7-12(11)19-3/h4-7H,8-10H2,1-3H3,(H2,16,17). The number of benzene rings is 1. The lowest BCUT2D eigenvalue weighted by Gasteiger charge is -2.41. The largest absolute Gasteiger partial charge is 0.495 e. The minimum atomic E-state index is -0.0499. The smallest absolute Gasteiger partial charge is 0.196 e. The monoisotopic (exact) mass is 259 g/mol. The molecule has 0 radical (unpaired) electrons. The molecule has 1 aromatic carbocycles. The Hall–Kier alpha value is -1.71. The molecule has 3 rings (SSSR count). The van der Waals surface area contributed by atoms with E-state index in [2.05, 4.69) is 29.8 Å². The maximum absolute atomic E-state index is 6.16. The number of ether oxygens (including phenoxy) is 1. The Kier molecular flexibility index (Phi) is 2.52. The van der Waals surface area contributed by atoms with Crippen LogP contribution < -0.4 is 15.4 Å². The van der Waals surface area contributed by atoms with Crippen molar-refractivity contribution in [3.05, 3.63) is 24.3 Å². The number of methoxy groups -OCH3 is 1. The average Bonchev–Trinajstić information content (AvgIpc) is 3.09. The third-order valence-corrected chi connectivity index (χ3v) is 4.90. The highest BCUT2D eigenvalue weighted by Gasteiger charge is 2.59. The molecule has 102 valence electrons. The summed E-state index contributed by atoms with van der Waals surface area (Å²) in [6.45, 7) is 5.34. The number of nitrogens with two attached hydrogens (primary N) is 1. The number of anilines is 1. The van der Waals surface area contributed by atoms with E-state index in [1.165, 1.54) is 12.8 Å². The average molecular weight is 259 g/mol. The molecule has 1 atom stereocenters. The van der Waals surface area contributed by atoms with Gasteiger partial charge in [-0.1, -0.05) is 19.1 Å². The lowest BCUT2D eigenvalue weighted by atomic mass is 9.82. The van der Waals surface area contributed by atoms with Crippen LogP contribution in [0.1, 0.15) is 26.7 Å². The van der Waals surface area contributed by atoms with E-state index < -0.39 is 0 Å². The van der Waals surface area contributed by atoms with Crippen LogP contribution in [0.2, 0.25) is 0 Å². The number of guanidine groups is 1. The van der Waals surface area contributed by atoms with Gasteiger partial charge in [-0.2, -0.15) is 0 Å². The highest BCUT2D eigenvalue weighted by atomic mass is 16.5. The maximum atomic E-state index is 6.16. The molecule has 1 heterocycles. The van der Waals surface area contributed by atoms with Gasteiger partial charge < -0.3 is 15.4 Å². The molecule has 1 unspecified atom stereocenters. The van der Waals surface area contributed by atoms with Crippen molar-refractivity contribution in [2.75, 3.05) is 18.6 Å². The fourth-order valence-corrected chi connectivity index (χ4v) is 3.02. The van der Waals surface area contributed by atoms with Gasteiger partial charge in [0, 0.05) is 0 Å². The fraction of sp³-hybridized carbons (Fsp3) is 0.533. The number of hydrogen-bond acceptors (Lipinski definition) is 4. The van der Waals surface area contributed by atoms with Crippen LogP contribution in [0.4, 0.5) is 5.69 Å². The van der Waals surface area contributed by atoms with Crippen molar-refractivity contribution in [1.82, 2.24) is 0 Å². The normalized spacial score (nSPS) is 28.2. The predicted octanol–water partition coefficient (Wildman–Crippen LogP) is 2.39. The van der Waals surface area contributed by atoms with Gasteiger partial charge in [-0.05, 0) is 37.3 Å². The van der Waals surface area contributed by atoms with E-state index in [-0.39, 0.29) is 5.54 Å². The Bertz CT molecular complexity index is 536. The Balaban J connectivity index is 2.08. The summed E-state index contributed by atoms with van der Waals surface area (Å²) in [5.41, 5.74) is 7.41. The summed E-state index contributed by atoms with van der Waals surface area (Å²) in [6, 6.07) is 8.01. The molecule has 19 heavy (non-hydrogen) atoms. The first-order valence-electron chi connectivity index (χ1n) is 6.75. The van der Waals surface area contributed by atoms with Crippen molar-refractivity contribution in [3.63, 3.8) is 0 Å². The predicted molar refractivity (Wildman–Crippen MR) is 77.7 cm³/mol. The summed E-state index contributed by atoms with van der Waals surface area (Å²) in [6.07, 6.45) is 2.47. The second kappa shape index (κ2) is 3.89. The summed E-state index contributed by atoms with van der Waals surface area (Å²) in [5, 5.41) is 0. The van der Waals surface area contributed by atoms with Crippen molar-refractivity contribution in [3.8, 4) is 5.75 Å². The van der Waals surface area contributed by atoms with Crippen LogP contribution in [-0.2, 0) is 0 Å². The summed E-state index contributed by atoms with van der Waals surface area (Å²) in [7, 11) is 1.69. The molecule has 4 nitrogen and oxygen atoms in total. The molecule has 2 aliphatic rings. The van der Waals surface area contributed by atoms with Crippen molar-refractivity contribution in [2.45, 2.75) is 32.2 Å². The van der Waals surface area contributed by atoms with Crippen LogP contribution >= 0.6 is 0 Å². The zero-order valence-electron chi connectivity index (χ0n) is 11.8. The molecule has 0 spiro atoms. The van der Waals surface area contributed by atoms with Gasteiger partial charge in [-0.15, -0.1) is 0 Å². The SMILES string of the molecule is COc1ccccc1N1C(N)=NCC1(C)C1(C)CC1. The van der Waals surface area contributed by atoms with Gasteiger partial charge in [0.05, 0.1) is 24.9 Å². The molecule has 1 saturated carbocycles. The quantitative estimate of drug-likeness (QED) is 0.906.